The fourth-order valence-electron chi connectivity index (χ4n) is 4.00. The Labute approximate surface area is 201 Å². The maximum absolute atomic E-state index is 13.7. The van der Waals surface area contributed by atoms with Gasteiger partial charge in [0.1, 0.15) is 0 Å². The molecule has 1 aliphatic heterocycles. The van der Waals surface area contributed by atoms with Gasteiger partial charge in [0.05, 0.1) is 36.3 Å². The van der Waals surface area contributed by atoms with Gasteiger partial charge >= 0.3 is 0 Å². The van der Waals surface area contributed by atoms with Crippen molar-refractivity contribution in [3.8, 4) is 11.3 Å². The molecule has 180 valence electrons. The highest BCUT2D eigenvalue weighted by molar-refractivity contribution is 5.85. The van der Waals surface area contributed by atoms with Crippen molar-refractivity contribution in [2.75, 3.05) is 6.54 Å². The number of piperidine rings is 1. The topological polar surface area (TPSA) is 100 Å². The summed E-state index contributed by atoms with van der Waals surface area (Å²) in [7, 11) is 0. The SMILES string of the molecule is Cc1cc(-c2ccc(F)c(F)c2)nc2c(=O)n(CC(O)C[C@H]3NCCC[C@@H]3O)cnc12.Cl.Cl. The number of nitrogens with zero attached hydrogens (tertiary/aromatic N) is 3. The third kappa shape index (κ3) is 5.85. The van der Waals surface area contributed by atoms with Crippen LogP contribution in [0.1, 0.15) is 24.8 Å². The van der Waals surface area contributed by atoms with Gasteiger partial charge in [0.15, 0.2) is 17.2 Å². The molecule has 0 radical (unpaired) electrons. The Bertz CT molecular complexity index is 1180. The minimum absolute atomic E-state index is 0. The second-order valence-electron chi connectivity index (χ2n) is 8.01. The van der Waals surface area contributed by atoms with E-state index in [0.717, 1.165) is 25.1 Å². The molecule has 0 saturated carbocycles. The maximum Gasteiger partial charge on any atom is 0.279 e. The number of aryl methyl sites for hydroxylation is 1. The van der Waals surface area contributed by atoms with Gasteiger partial charge in [-0.3, -0.25) is 9.36 Å². The minimum atomic E-state index is -0.998. The Hall–Kier alpha value is -2.17. The highest BCUT2D eigenvalue weighted by Gasteiger charge is 2.25. The standard InChI is InChI=1S/C22H24F2N4O3.2ClH/c1-12-7-17(13-4-5-15(23)16(24)8-13)27-21-20(12)26-11-28(22(21)31)10-14(29)9-18-19(30)3-2-6-25-18;;/h4-5,7-8,11,14,18-19,25,29-30H,2-3,6,9-10H2,1H3;2*1H/t14?,18-,19+;;/m1../s1. The minimum Gasteiger partial charge on any atom is -0.392 e. The molecule has 3 N–H and O–H groups in total. The molecule has 1 fully saturated rings. The van der Waals surface area contributed by atoms with Crippen LogP contribution in [0.4, 0.5) is 8.78 Å². The van der Waals surface area contributed by atoms with Crippen molar-refractivity contribution >= 4 is 35.8 Å². The predicted molar refractivity (Wildman–Crippen MR) is 126 cm³/mol. The van der Waals surface area contributed by atoms with Gasteiger partial charge in [-0.25, -0.2) is 18.7 Å². The number of nitrogens with one attached hydrogen (secondary N) is 1. The summed E-state index contributed by atoms with van der Waals surface area (Å²) in [5, 5.41) is 23.7. The summed E-state index contributed by atoms with van der Waals surface area (Å²) in [5.41, 5.74) is 1.40. The molecule has 1 unspecified atom stereocenters. The number of fused-ring (bicyclic) bond motifs is 1. The summed E-state index contributed by atoms with van der Waals surface area (Å²) in [4.78, 5) is 21.7. The number of aromatic nitrogens is 3. The molecule has 2 aromatic heterocycles. The second kappa shape index (κ2) is 11.3. The van der Waals surface area contributed by atoms with Crippen molar-refractivity contribution in [2.24, 2.45) is 0 Å². The van der Waals surface area contributed by atoms with Crippen molar-refractivity contribution in [1.29, 1.82) is 0 Å². The molecule has 11 heteroatoms. The highest BCUT2D eigenvalue weighted by atomic mass is 35.5. The van der Waals surface area contributed by atoms with E-state index in [1.54, 1.807) is 13.0 Å². The summed E-state index contributed by atoms with van der Waals surface area (Å²) >= 11 is 0. The van der Waals surface area contributed by atoms with Crippen LogP contribution in [0.15, 0.2) is 35.4 Å². The summed E-state index contributed by atoms with van der Waals surface area (Å²) in [6, 6.07) is 4.87. The Balaban J connectivity index is 0.00000193. The van der Waals surface area contributed by atoms with Gasteiger partial charge in [-0.05, 0) is 62.6 Å². The molecular weight excluding hydrogens is 477 g/mol. The molecule has 0 amide bonds. The van der Waals surface area contributed by atoms with E-state index in [4.69, 9.17) is 0 Å². The first-order valence-electron chi connectivity index (χ1n) is 10.2. The number of hydrogen-bond acceptors (Lipinski definition) is 6. The van der Waals surface area contributed by atoms with Crippen LogP contribution >= 0.6 is 24.8 Å². The quantitative estimate of drug-likeness (QED) is 0.495. The van der Waals surface area contributed by atoms with E-state index in [-0.39, 0.29) is 42.9 Å². The average molecular weight is 503 g/mol. The lowest BCUT2D eigenvalue weighted by Gasteiger charge is -2.30. The molecule has 4 rings (SSSR count). The van der Waals surface area contributed by atoms with Crippen LogP contribution in [0.5, 0.6) is 0 Å². The molecule has 1 aliphatic rings. The smallest absolute Gasteiger partial charge is 0.279 e. The van der Waals surface area contributed by atoms with Crippen LogP contribution in [0, 0.1) is 18.6 Å². The second-order valence-corrected chi connectivity index (χ2v) is 8.01. The number of rotatable bonds is 5. The van der Waals surface area contributed by atoms with Crippen LogP contribution in [-0.4, -0.2) is 49.5 Å². The fraction of sp³-hybridized carbons (Fsp3) is 0.409. The van der Waals surface area contributed by atoms with Crippen LogP contribution < -0.4 is 10.9 Å². The Morgan fingerprint density at radius 1 is 1.21 bits per heavy atom. The van der Waals surface area contributed by atoms with E-state index in [9.17, 15) is 23.8 Å². The maximum atomic E-state index is 13.7. The van der Waals surface area contributed by atoms with Gasteiger partial charge in [-0.2, -0.15) is 0 Å². The third-order valence-electron chi connectivity index (χ3n) is 5.67. The van der Waals surface area contributed by atoms with Crippen molar-refractivity contribution in [3.05, 3.63) is 58.1 Å². The van der Waals surface area contributed by atoms with Crippen molar-refractivity contribution in [3.63, 3.8) is 0 Å². The molecular formula is C22H26Cl2F2N4O3. The Morgan fingerprint density at radius 3 is 2.67 bits per heavy atom. The van der Waals surface area contributed by atoms with Gasteiger partial charge in [0.25, 0.3) is 5.56 Å². The Kier molecular flexibility index (Phi) is 9.28. The lowest BCUT2D eigenvalue weighted by Crippen LogP contribution is -2.47. The van der Waals surface area contributed by atoms with E-state index in [1.165, 1.54) is 17.0 Å². The molecule has 7 nitrogen and oxygen atoms in total. The van der Waals surface area contributed by atoms with Crippen LogP contribution in [0.25, 0.3) is 22.3 Å². The first-order chi connectivity index (χ1) is 14.8. The molecule has 0 aliphatic carbocycles. The Morgan fingerprint density at radius 2 is 1.97 bits per heavy atom. The van der Waals surface area contributed by atoms with Gasteiger partial charge in [0.2, 0.25) is 0 Å². The van der Waals surface area contributed by atoms with Crippen LogP contribution in [0.3, 0.4) is 0 Å². The molecule has 3 aromatic rings. The van der Waals surface area contributed by atoms with E-state index in [2.05, 4.69) is 15.3 Å². The van der Waals surface area contributed by atoms with Crippen molar-refractivity contribution in [1.82, 2.24) is 19.9 Å². The molecule has 0 spiro atoms. The van der Waals surface area contributed by atoms with Gasteiger partial charge < -0.3 is 15.5 Å². The van der Waals surface area contributed by atoms with Gasteiger partial charge in [-0.1, -0.05) is 0 Å². The molecule has 0 bridgehead atoms. The average Bonchev–Trinajstić information content (AvgIpc) is 2.74. The predicted octanol–water partition coefficient (Wildman–Crippen LogP) is 2.75. The van der Waals surface area contributed by atoms with E-state index in [1.807, 2.05) is 0 Å². The first kappa shape index (κ1) is 27.1. The highest BCUT2D eigenvalue weighted by Crippen LogP contribution is 2.23. The third-order valence-corrected chi connectivity index (χ3v) is 5.67. The summed E-state index contributed by atoms with van der Waals surface area (Å²) in [6.07, 6.45) is 1.83. The fourth-order valence-corrected chi connectivity index (χ4v) is 4.00. The zero-order chi connectivity index (χ0) is 22.1. The monoisotopic (exact) mass is 502 g/mol. The summed E-state index contributed by atoms with van der Waals surface area (Å²) in [6.45, 7) is 2.54. The number of halogens is 4. The van der Waals surface area contributed by atoms with Crippen molar-refractivity contribution < 1.29 is 19.0 Å². The molecule has 1 saturated heterocycles. The van der Waals surface area contributed by atoms with Crippen LogP contribution in [-0.2, 0) is 6.54 Å². The first-order valence-corrected chi connectivity index (χ1v) is 10.2. The summed E-state index contributed by atoms with van der Waals surface area (Å²) in [5.74, 6) is -1.96. The zero-order valence-electron chi connectivity index (χ0n) is 17.9. The number of hydrogen-bond donors (Lipinski definition) is 3. The van der Waals surface area contributed by atoms with E-state index < -0.39 is 29.4 Å². The van der Waals surface area contributed by atoms with Crippen LogP contribution in [0.2, 0.25) is 0 Å². The van der Waals surface area contributed by atoms with E-state index in [0.29, 0.717) is 35.2 Å². The molecule has 1 aromatic carbocycles. The lowest BCUT2D eigenvalue weighted by atomic mass is 9.96. The molecule has 3 atom stereocenters. The van der Waals surface area contributed by atoms with Gasteiger partial charge in [-0.15, -0.1) is 24.8 Å². The number of pyridine rings is 1. The number of benzene rings is 1. The molecule has 33 heavy (non-hydrogen) atoms. The zero-order valence-corrected chi connectivity index (χ0v) is 19.5. The number of aliphatic hydroxyl groups is 2. The molecule has 3 heterocycles. The normalized spacial score (nSPS) is 18.9. The van der Waals surface area contributed by atoms with Crippen molar-refractivity contribution in [2.45, 2.75) is 51.0 Å². The van der Waals surface area contributed by atoms with E-state index >= 15 is 0 Å². The largest absolute Gasteiger partial charge is 0.392 e. The summed E-state index contributed by atoms with van der Waals surface area (Å²) < 4.78 is 28.2. The number of aliphatic hydroxyl groups excluding tert-OH is 2. The lowest BCUT2D eigenvalue weighted by molar-refractivity contribution is 0.0539. The van der Waals surface area contributed by atoms with Gasteiger partial charge in [0, 0.05) is 11.6 Å².